The monoisotopic (exact) mass is 357 g/mol. The molecule has 3 aromatic heterocycles. The first-order valence-electron chi connectivity index (χ1n) is 8.27. The van der Waals surface area contributed by atoms with E-state index in [1.807, 2.05) is 48.8 Å². The molecule has 0 aliphatic carbocycles. The quantitative estimate of drug-likeness (QED) is 0.429. The van der Waals surface area contributed by atoms with Crippen LogP contribution in [0.2, 0.25) is 0 Å². The van der Waals surface area contributed by atoms with E-state index in [9.17, 15) is 0 Å². The van der Waals surface area contributed by atoms with E-state index >= 15 is 0 Å². The van der Waals surface area contributed by atoms with Gasteiger partial charge in [-0.25, -0.2) is 0 Å². The summed E-state index contributed by atoms with van der Waals surface area (Å²) in [5, 5.41) is 3.66. The molecule has 5 rings (SSSR count). The number of rotatable bonds is 2. The van der Waals surface area contributed by atoms with Crippen LogP contribution in [0.3, 0.4) is 0 Å². The van der Waals surface area contributed by atoms with Crippen LogP contribution in [0.4, 0.5) is 0 Å². The second kappa shape index (κ2) is 6.62. The molecule has 0 fully saturated rings. The molecule has 0 atom stereocenters. The van der Waals surface area contributed by atoms with Gasteiger partial charge in [0.25, 0.3) is 0 Å². The molecule has 126 valence electrons. The van der Waals surface area contributed by atoms with Crippen molar-refractivity contribution in [3.05, 3.63) is 85.2 Å². The molecule has 0 bridgehead atoms. The van der Waals surface area contributed by atoms with E-state index in [1.165, 1.54) is 16.2 Å². The van der Waals surface area contributed by atoms with Crippen LogP contribution in [0.5, 0.6) is 0 Å². The van der Waals surface area contributed by atoms with E-state index in [2.05, 4.69) is 51.4 Å². The Morgan fingerprint density at radius 3 is 2.15 bits per heavy atom. The maximum Gasteiger partial charge on any atom is 0.0864 e. The fourth-order valence-corrected chi connectivity index (χ4v) is 3.30. The summed E-state index contributed by atoms with van der Waals surface area (Å²) in [6.07, 6.45) is 3.64. The third-order valence-corrected chi connectivity index (χ3v) is 4.52. The van der Waals surface area contributed by atoms with E-state index in [0.29, 0.717) is 0 Å². The second-order valence-corrected chi connectivity index (χ2v) is 6.08. The van der Waals surface area contributed by atoms with Crippen LogP contribution in [0.15, 0.2) is 85.2 Å². The second-order valence-electron chi connectivity index (χ2n) is 6.08. The number of pyridine rings is 2. The van der Waals surface area contributed by atoms with Crippen molar-refractivity contribution in [2.45, 2.75) is 0 Å². The minimum atomic E-state index is 0. The Bertz CT molecular complexity index is 1180. The lowest BCUT2D eigenvalue weighted by molar-refractivity contribution is 1.29. The summed E-state index contributed by atoms with van der Waals surface area (Å²) < 4.78 is 0. The van der Waals surface area contributed by atoms with Crippen LogP contribution in [-0.2, 0) is 0 Å². The fraction of sp³-hybridized carbons (Fsp3) is 0. The molecule has 0 spiro atoms. The molecular weight excluding hydrogens is 342 g/mol. The highest BCUT2D eigenvalue weighted by Gasteiger charge is 2.08. The molecule has 3 nitrogen and oxygen atoms in total. The van der Waals surface area contributed by atoms with Gasteiger partial charge in [-0.1, -0.05) is 30.3 Å². The van der Waals surface area contributed by atoms with Gasteiger partial charge < -0.3 is 4.98 Å². The summed E-state index contributed by atoms with van der Waals surface area (Å²) in [5.74, 6) is 0. The molecule has 4 heteroatoms. The molecule has 0 saturated heterocycles. The highest BCUT2D eigenvalue weighted by molar-refractivity contribution is 6.08. The molecule has 0 amide bonds. The zero-order valence-corrected chi connectivity index (χ0v) is 14.7. The Kier molecular flexibility index (Phi) is 4.15. The SMILES string of the molecule is Cl.c1ccc(-c2ccc3c(ccc4[nH]c(-c5ccccn5)cc43)c2)nc1. The van der Waals surface area contributed by atoms with Crippen LogP contribution >= 0.6 is 12.4 Å². The Morgan fingerprint density at radius 2 is 1.42 bits per heavy atom. The highest BCUT2D eigenvalue weighted by Crippen LogP contribution is 2.31. The van der Waals surface area contributed by atoms with Crippen molar-refractivity contribution in [1.82, 2.24) is 15.0 Å². The first-order valence-corrected chi connectivity index (χ1v) is 8.27. The van der Waals surface area contributed by atoms with Crippen molar-refractivity contribution in [2.75, 3.05) is 0 Å². The number of hydrogen-bond acceptors (Lipinski definition) is 2. The van der Waals surface area contributed by atoms with Crippen LogP contribution in [0, 0.1) is 0 Å². The summed E-state index contributed by atoms with van der Waals surface area (Å²) >= 11 is 0. The lowest BCUT2D eigenvalue weighted by Crippen LogP contribution is -1.82. The van der Waals surface area contributed by atoms with E-state index in [1.54, 1.807) is 0 Å². The van der Waals surface area contributed by atoms with Crippen molar-refractivity contribution in [3.63, 3.8) is 0 Å². The predicted octanol–water partition coefficient (Wildman–Crippen LogP) is 5.87. The van der Waals surface area contributed by atoms with Gasteiger partial charge in [0.15, 0.2) is 0 Å². The van der Waals surface area contributed by atoms with Crippen molar-refractivity contribution >= 4 is 34.1 Å². The Balaban J connectivity index is 0.00000168. The third-order valence-electron chi connectivity index (χ3n) is 4.52. The van der Waals surface area contributed by atoms with Crippen LogP contribution in [0.1, 0.15) is 0 Å². The number of aromatic amines is 1. The van der Waals surface area contributed by atoms with Crippen LogP contribution in [-0.4, -0.2) is 15.0 Å². The number of H-pyrrole nitrogens is 1. The maximum atomic E-state index is 4.45. The molecule has 0 aliphatic heterocycles. The van der Waals surface area contributed by atoms with Crippen molar-refractivity contribution in [1.29, 1.82) is 0 Å². The molecule has 1 N–H and O–H groups in total. The third kappa shape index (κ3) is 2.72. The van der Waals surface area contributed by atoms with Gasteiger partial charge >= 0.3 is 0 Å². The minimum Gasteiger partial charge on any atom is -0.353 e. The van der Waals surface area contributed by atoms with Crippen molar-refractivity contribution in [3.8, 4) is 22.6 Å². The summed E-state index contributed by atoms with van der Waals surface area (Å²) in [7, 11) is 0. The van der Waals surface area contributed by atoms with Gasteiger partial charge in [-0.15, -0.1) is 12.4 Å². The van der Waals surface area contributed by atoms with Crippen LogP contribution in [0.25, 0.3) is 44.3 Å². The summed E-state index contributed by atoms with van der Waals surface area (Å²) in [6, 6.07) is 24.9. The average molecular weight is 358 g/mol. The minimum absolute atomic E-state index is 0. The molecule has 0 unspecified atom stereocenters. The lowest BCUT2D eigenvalue weighted by atomic mass is 10.0. The van der Waals surface area contributed by atoms with E-state index in [-0.39, 0.29) is 12.4 Å². The average Bonchev–Trinajstić information content (AvgIpc) is 3.14. The van der Waals surface area contributed by atoms with Gasteiger partial charge in [0, 0.05) is 28.9 Å². The zero-order chi connectivity index (χ0) is 16.6. The number of benzene rings is 2. The van der Waals surface area contributed by atoms with E-state index in [4.69, 9.17) is 0 Å². The van der Waals surface area contributed by atoms with Crippen molar-refractivity contribution < 1.29 is 0 Å². The highest BCUT2D eigenvalue weighted by atomic mass is 35.5. The number of aromatic nitrogens is 3. The normalized spacial score (nSPS) is 10.8. The summed E-state index contributed by atoms with van der Waals surface area (Å²) in [4.78, 5) is 12.4. The Morgan fingerprint density at radius 1 is 0.654 bits per heavy atom. The molecular formula is C22H16ClN3. The van der Waals surface area contributed by atoms with Gasteiger partial charge in [0.2, 0.25) is 0 Å². The largest absolute Gasteiger partial charge is 0.353 e. The summed E-state index contributed by atoms with van der Waals surface area (Å²) in [5.41, 5.74) is 5.24. The number of hydrogen-bond donors (Lipinski definition) is 1. The summed E-state index contributed by atoms with van der Waals surface area (Å²) in [6.45, 7) is 0. The predicted molar refractivity (Wildman–Crippen MR) is 110 cm³/mol. The number of halogens is 1. The Labute approximate surface area is 157 Å². The molecule has 5 aromatic rings. The zero-order valence-electron chi connectivity index (χ0n) is 13.9. The lowest BCUT2D eigenvalue weighted by Gasteiger charge is -2.04. The molecule has 0 aliphatic rings. The molecule has 3 heterocycles. The van der Waals surface area contributed by atoms with Crippen molar-refractivity contribution in [2.24, 2.45) is 0 Å². The molecule has 2 aromatic carbocycles. The van der Waals surface area contributed by atoms with Crippen LogP contribution < -0.4 is 0 Å². The fourth-order valence-electron chi connectivity index (χ4n) is 3.30. The van der Waals surface area contributed by atoms with Gasteiger partial charge in [0.1, 0.15) is 0 Å². The molecule has 26 heavy (non-hydrogen) atoms. The van der Waals surface area contributed by atoms with Gasteiger partial charge in [-0.3, -0.25) is 9.97 Å². The van der Waals surface area contributed by atoms with E-state index < -0.39 is 0 Å². The molecule has 0 radical (unpaired) electrons. The topological polar surface area (TPSA) is 41.6 Å². The Hall–Kier alpha value is -3.17. The first-order chi connectivity index (χ1) is 12.4. The number of nitrogens with zero attached hydrogens (tertiary/aromatic N) is 2. The van der Waals surface area contributed by atoms with Gasteiger partial charge in [-0.2, -0.15) is 0 Å². The standard InChI is InChI=1S/C22H15N3.ClH/c1-3-11-23-19(5-1)16-7-9-17-15(13-16)8-10-20-18(17)14-22(25-20)21-6-2-4-12-24-21;/h1-14,25H;1H. The molecule has 0 saturated carbocycles. The number of nitrogens with one attached hydrogen (secondary N) is 1. The smallest absolute Gasteiger partial charge is 0.0864 e. The first kappa shape index (κ1) is 16.3. The van der Waals surface area contributed by atoms with Gasteiger partial charge in [0.05, 0.1) is 17.1 Å². The maximum absolute atomic E-state index is 4.45. The van der Waals surface area contributed by atoms with Gasteiger partial charge in [-0.05, 0) is 53.2 Å². The van der Waals surface area contributed by atoms with E-state index in [0.717, 1.165) is 28.2 Å². The number of fused-ring (bicyclic) bond motifs is 3.